The van der Waals surface area contributed by atoms with Gasteiger partial charge in [-0.3, -0.25) is 0 Å². The normalized spacial score (nSPS) is 11.6. The molecule has 0 amide bonds. The Labute approximate surface area is 192 Å². The summed E-state index contributed by atoms with van der Waals surface area (Å²) in [4.78, 5) is 0. The molecule has 6 aromatic carbocycles. The predicted molar refractivity (Wildman–Crippen MR) is 141 cm³/mol. The second-order valence-electron chi connectivity index (χ2n) is 8.61. The van der Waals surface area contributed by atoms with Crippen LogP contribution in [0.3, 0.4) is 0 Å². The lowest BCUT2D eigenvalue weighted by atomic mass is 9.95. The highest BCUT2D eigenvalue weighted by Gasteiger charge is 2.15. The van der Waals surface area contributed by atoms with E-state index in [0.717, 1.165) is 0 Å². The zero-order valence-corrected chi connectivity index (χ0v) is 18.1. The number of aromatic nitrogens is 1. The number of nitrogens with zero attached hydrogens (tertiary/aromatic N) is 1. The van der Waals surface area contributed by atoms with Crippen molar-refractivity contribution in [1.29, 1.82) is 0 Å². The molecule has 0 atom stereocenters. The van der Waals surface area contributed by atoms with Crippen LogP contribution < -0.4 is 0 Å². The fourth-order valence-electron chi connectivity index (χ4n) is 5.30. The third-order valence-corrected chi connectivity index (χ3v) is 6.77. The summed E-state index contributed by atoms with van der Waals surface area (Å²) in [6.07, 6.45) is 0. The minimum absolute atomic E-state index is 1.19. The number of para-hydroxylation sites is 2. The van der Waals surface area contributed by atoms with Crippen molar-refractivity contribution >= 4 is 43.4 Å². The van der Waals surface area contributed by atoms with Crippen LogP contribution in [0.4, 0.5) is 0 Å². The molecule has 0 aliphatic rings. The van der Waals surface area contributed by atoms with E-state index < -0.39 is 0 Å². The SMILES string of the molecule is c1ccc(-n2c3ccccc3c3c4ccc(-c5cccc6ccccc56)cc4ccc32)cc1. The number of benzene rings is 6. The number of hydrogen-bond acceptors (Lipinski definition) is 0. The molecule has 1 nitrogen and oxygen atoms in total. The average Bonchev–Trinajstić information content (AvgIpc) is 3.23. The maximum Gasteiger partial charge on any atom is 0.0547 e. The molecule has 7 aromatic rings. The average molecular weight is 420 g/mol. The van der Waals surface area contributed by atoms with Crippen molar-refractivity contribution in [2.45, 2.75) is 0 Å². The first-order valence-corrected chi connectivity index (χ1v) is 11.4. The van der Waals surface area contributed by atoms with Crippen LogP contribution in [0.15, 0.2) is 127 Å². The molecule has 0 saturated heterocycles. The van der Waals surface area contributed by atoms with Gasteiger partial charge in [-0.25, -0.2) is 0 Å². The van der Waals surface area contributed by atoms with Gasteiger partial charge in [-0.2, -0.15) is 0 Å². The molecule has 1 heteroatoms. The Balaban J connectivity index is 1.54. The standard InChI is InChI=1S/C32H21N/c1-2-11-25(12-3-1)33-30-16-7-6-14-29(30)32-28-19-17-23(21-24(28)18-20-31(32)33)27-15-8-10-22-9-4-5-13-26(22)27/h1-21H. The Hall–Kier alpha value is -4.36. The zero-order valence-electron chi connectivity index (χ0n) is 18.1. The zero-order chi connectivity index (χ0) is 21.8. The van der Waals surface area contributed by atoms with Gasteiger partial charge in [-0.15, -0.1) is 0 Å². The molecule has 1 heterocycles. The molecule has 0 fully saturated rings. The van der Waals surface area contributed by atoms with Gasteiger partial charge >= 0.3 is 0 Å². The number of fused-ring (bicyclic) bond motifs is 6. The minimum atomic E-state index is 1.19. The molecule has 33 heavy (non-hydrogen) atoms. The lowest BCUT2D eigenvalue weighted by Crippen LogP contribution is -1.92. The van der Waals surface area contributed by atoms with E-state index in [1.54, 1.807) is 0 Å². The van der Waals surface area contributed by atoms with Crippen LogP contribution in [0.1, 0.15) is 0 Å². The van der Waals surface area contributed by atoms with Gasteiger partial charge in [-0.05, 0) is 63.0 Å². The first-order chi connectivity index (χ1) is 16.4. The van der Waals surface area contributed by atoms with E-state index in [0.29, 0.717) is 0 Å². The summed E-state index contributed by atoms with van der Waals surface area (Å²) in [5.74, 6) is 0. The van der Waals surface area contributed by atoms with Crippen LogP contribution in [-0.4, -0.2) is 4.57 Å². The van der Waals surface area contributed by atoms with Crippen molar-refractivity contribution in [2.75, 3.05) is 0 Å². The highest BCUT2D eigenvalue weighted by Crippen LogP contribution is 2.38. The Morgan fingerprint density at radius 2 is 1.18 bits per heavy atom. The van der Waals surface area contributed by atoms with E-state index >= 15 is 0 Å². The van der Waals surface area contributed by atoms with E-state index in [1.165, 1.54) is 60.2 Å². The smallest absolute Gasteiger partial charge is 0.0547 e. The van der Waals surface area contributed by atoms with Crippen LogP contribution >= 0.6 is 0 Å². The second-order valence-corrected chi connectivity index (χ2v) is 8.61. The first-order valence-electron chi connectivity index (χ1n) is 11.4. The predicted octanol–water partition coefficient (Wildman–Crippen LogP) is 8.76. The molecule has 0 unspecified atom stereocenters. The molecular formula is C32H21N. The quantitative estimate of drug-likeness (QED) is 0.264. The van der Waals surface area contributed by atoms with E-state index in [4.69, 9.17) is 0 Å². The van der Waals surface area contributed by atoms with Gasteiger partial charge in [0, 0.05) is 16.5 Å². The summed E-state index contributed by atoms with van der Waals surface area (Å²) in [5, 5.41) is 7.74. The van der Waals surface area contributed by atoms with Crippen molar-refractivity contribution in [1.82, 2.24) is 4.57 Å². The van der Waals surface area contributed by atoms with Crippen LogP contribution in [-0.2, 0) is 0 Å². The van der Waals surface area contributed by atoms with Gasteiger partial charge in [0.15, 0.2) is 0 Å². The summed E-state index contributed by atoms with van der Waals surface area (Å²) < 4.78 is 2.38. The number of hydrogen-bond donors (Lipinski definition) is 0. The van der Waals surface area contributed by atoms with E-state index in [9.17, 15) is 0 Å². The van der Waals surface area contributed by atoms with Crippen molar-refractivity contribution < 1.29 is 0 Å². The molecule has 0 N–H and O–H groups in total. The Kier molecular flexibility index (Phi) is 3.91. The van der Waals surface area contributed by atoms with Gasteiger partial charge in [0.05, 0.1) is 11.0 Å². The Morgan fingerprint density at radius 3 is 2.09 bits per heavy atom. The molecule has 0 aliphatic carbocycles. The fraction of sp³-hybridized carbons (Fsp3) is 0. The molecule has 154 valence electrons. The second kappa shape index (κ2) is 7.08. The minimum Gasteiger partial charge on any atom is -0.309 e. The molecular weight excluding hydrogens is 398 g/mol. The van der Waals surface area contributed by atoms with Crippen LogP contribution in [0.5, 0.6) is 0 Å². The van der Waals surface area contributed by atoms with Gasteiger partial charge < -0.3 is 4.57 Å². The van der Waals surface area contributed by atoms with Crippen molar-refractivity contribution in [3.63, 3.8) is 0 Å². The van der Waals surface area contributed by atoms with E-state index in [-0.39, 0.29) is 0 Å². The van der Waals surface area contributed by atoms with Gasteiger partial charge in [0.25, 0.3) is 0 Å². The van der Waals surface area contributed by atoms with Gasteiger partial charge in [0.1, 0.15) is 0 Å². The molecule has 1 aromatic heterocycles. The largest absolute Gasteiger partial charge is 0.309 e. The molecule has 0 aliphatic heterocycles. The highest BCUT2D eigenvalue weighted by molar-refractivity contribution is 6.21. The van der Waals surface area contributed by atoms with Crippen LogP contribution in [0.2, 0.25) is 0 Å². The summed E-state index contributed by atoms with van der Waals surface area (Å²) in [5.41, 5.74) is 6.21. The monoisotopic (exact) mass is 419 g/mol. The summed E-state index contributed by atoms with van der Waals surface area (Å²) in [6, 6.07) is 46.0. The van der Waals surface area contributed by atoms with Gasteiger partial charge in [0.2, 0.25) is 0 Å². The Morgan fingerprint density at radius 1 is 0.424 bits per heavy atom. The van der Waals surface area contributed by atoms with Gasteiger partial charge in [-0.1, -0.05) is 97.1 Å². The summed E-state index contributed by atoms with van der Waals surface area (Å²) >= 11 is 0. The van der Waals surface area contributed by atoms with E-state index in [1.807, 2.05) is 0 Å². The van der Waals surface area contributed by atoms with Crippen molar-refractivity contribution in [2.24, 2.45) is 0 Å². The molecule has 7 rings (SSSR count). The number of rotatable bonds is 2. The first kappa shape index (κ1) is 18.2. The molecule has 0 spiro atoms. The van der Waals surface area contributed by atoms with Crippen LogP contribution in [0.25, 0.3) is 60.2 Å². The van der Waals surface area contributed by atoms with E-state index in [2.05, 4.69) is 132 Å². The summed E-state index contributed by atoms with van der Waals surface area (Å²) in [7, 11) is 0. The third kappa shape index (κ3) is 2.73. The molecule has 0 bridgehead atoms. The topological polar surface area (TPSA) is 4.93 Å². The summed E-state index contributed by atoms with van der Waals surface area (Å²) in [6.45, 7) is 0. The van der Waals surface area contributed by atoms with Crippen molar-refractivity contribution in [3.05, 3.63) is 127 Å². The molecule has 0 saturated carbocycles. The third-order valence-electron chi connectivity index (χ3n) is 6.77. The maximum absolute atomic E-state index is 2.38. The molecule has 0 radical (unpaired) electrons. The fourth-order valence-corrected chi connectivity index (χ4v) is 5.30. The maximum atomic E-state index is 2.38. The van der Waals surface area contributed by atoms with Crippen LogP contribution in [0, 0.1) is 0 Å². The Bertz CT molecular complexity index is 1800. The lowest BCUT2D eigenvalue weighted by molar-refractivity contribution is 1.18. The lowest BCUT2D eigenvalue weighted by Gasteiger charge is -2.10. The highest BCUT2D eigenvalue weighted by atomic mass is 15.0. The van der Waals surface area contributed by atoms with Crippen molar-refractivity contribution in [3.8, 4) is 16.8 Å².